The van der Waals surface area contributed by atoms with E-state index in [2.05, 4.69) is 10.6 Å². The van der Waals surface area contributed by atoms with Crippen LogP contribution < -0.4 is 10.6 Å². The second kappa shape index (κ2) is 10.3. The molecular weight excluding hydrogens is 388 g/mol. The van der Waals surface area contributed by atoms with Crippen molar-refractivity contribution in [2.45, 2.75) is 64.7 Å². The number of hydrogen-bond donors (Lipinski definition) is 2. The Bertz CT molecular complexity index is 627. The molecule has 0 aromatic rings. The third-order valence-electron chi connectivity index (χ3n) is 6.68. The van der Waals surface area contributed by atoms with Crippen molar-refractivity contribution in [1.29, 1.82) is 0 Å². The highest BCUT2D eigenvalue weighted by Gasteiger charge is 2.51. The summed E-state index contributed by atoms with van der Waals surface area (Å²) in [5.41, 5.74) is 0.131. The molecule has 0 aromatic heterocycles. The third-order valence-corrected chi connectivity index (χ3v) is 6.68. The first-order chi connectivity index (χ1) is 14.4. The maximum absolute atomic E-state index is 12.4. The Kier molecular flexibility index (Phi) is 7.72. The number of carbonyl (C=O) groups excluding carboxylic acids is 4. The topological polar surface area (TPSA) is 111 Å². The van der Waals surface area contributed by atoms with Gasteiger partial charge in [0.25, 0.3) is 5.91 Å². The Hall–Kier alpha value is -2.12. The summed E-state index contributed by atoms with van der Waals surface area (Å²) in [7, 11) is 0. The van der Waals surface area contributed by atoms with Gasteiger partial charge < -0.3 is 20.1 Å². The molecule has 4 saturated carbocycles. The fourth-order valence-electron chi connectivity index (χ4n) is 6.02. The van der Waals surface area contributed by atoms with Gasteiger partial charge in [-0.2, -0.15) is 0 Å². The fourth-order valence-corrected chi connectivity index (χ4v) is 6.02. The second-order valence-corrected chi connectivity index (χ2v) is 9.29. The normalized spacial score (nSPS) is 28.6. The van der Waals surface area contributed by atoms with E-state index in [1.165, 1.54) is 19.3 Å². The van der Waals surface area contributed by atoms with Gasteiger partial charge in [-0.05, 0) is 75.0 Å². The molecule has 0 spiro atoms. The van der Waals surface area contributed by atoms with Gasteiger partial charge in [0, 0.05) is 19.4 Å². The van der Waals surface area contributed by atoms with Crippen molar-refractivity contribution in [1.82, 2.24) is 10.6 Å². The predicted octanol–water partition coefficient (Wildman–Crippen LogP) is 1.71. The van der Waals surface area contributed by atoms with Crippen molar-refractivity contribution in [2.24, 2.45) is 23.2 Å². The van der Waals surface area contributed by atoms with Crippen LogP contribution in [0.2, 0.25) is 0 Å². The predicted molar refractivity (Wildman–Crippen MR) is 108 cm³/mol. The maximum Gasteiger partial charge on any atom is 0.325 e. The van der Waals surface area contributed by atoms with E-state index in [0.717, 1.165) is 37.0 Å². The van der Waals surface area contributed by atoms with E-state index in [-0.39, 0.29) is 30.3 Å². The number of ether oxygens (including phenoxy) is 2. The third kappa shape index (κ3) is 6.44. The number of nitrogens with one attached hydrogen (secondary N) is 2. The van der Waals surface area contributed by atoms with E-state index in [9.17, 15) is 19.2 Å². The molecule has 0 heterocycles. The van der Waals surface area contributed by atoms with Crippen LogP contribution in [0.4, 0.5) is 0 Å². The molecule has 2 amide bonds. The van der Waals surface area contributed by atoms with Crippen molar-refractivity contribution < 1.29 is 28.7 Å². The molecule has 8 nitrogen and oxygen atoms in total. The van der Waals surface area contributed by atoms with Gasteiger partial charge in [-0.3, -0.25) is 19.2 Å². The Morgan fingerprint density at radius 3 is 2.10 bits per heavy atom. The first kappa shape index (κ1) is 22.6. The average Bonchev–Trinajstić information content (AvgIpc) is 2.67. The summed E-state index contributed by atoms with van der Waals surface area (Å²) in [4.78, 5) is 47.1. The quantitative estimate of drug-likeness (QED) is 0.387. The molecule has 30 heavy (non-hydrogen) atoms. The van der Waals surface area contributed by atoms with E-state index < -0.39 is 18.5 Å². The van der Waals surface area contributed by atoms with Gasteiger partial charge in [0.1, 0.15) is 6.54 Å². The van der Waals surface area contributed by atoms with Crippen LogP contribution in [0.1, 0.15) is 64.7 Å². The van der Waals surface area contributed by atoms with Gasteiger partial charge in [0.15, 0.2) is 6.61 Å². The summed E-state index contributed by atoms with van der Waals surface area (Å²) < 4.78 is 9.70. The summed E-state index contributed by atoms with van der Waals surface area (Å²) in [6.45, 7) is 1.75. The van der Waals surface area contributed by atoms with Gasteiger partial charge in [-0.1, -0.05) is 0 Å². The van der Waals surface area contributed by atoms with E-state index in [0.29, 0.717) is 26.0 Å². The fraction of sp³-hybridized carbons (Fsp3) is 0.818. The SMILES string of the molecule is CCOC(=O)CCCNC(=O)COC(=O)CNC(=O)CC12CC3CC(CC(C3)C1)C2. The highest BCUT2D eigenvalue weighted by atomic mass is 16.5. The maximum atomic E-state index is 12.4. The summed E-state index contributed by atoms with van der Waals surface area (Å²) in [6.07, 6.45) is 8.61. The summed E-state index contributed by atoms with van der Waals surface area (Å²) in [6, 6.07) is 0. The minimum absolute atomic E-state index is 0.0997. The Morgan fingerprint density at radius 1 is 0.867 bits per heavy atom. The van der Waals surface area contributed by atoms with Crippen LogP contribution in [0.15, 0.2) is 0 Å². The number of rotatable bonds is 11. The lowest BCUT2D eigenvalue weighted by Gasteiger charge is -2.56. The summed E-state index contributed by atoms with van der Waals surface area (Å²) in [5, 5.41) is 5.24. The van der Waals surface area contributed by atoms with Gasteiger partial charge in [-0.25, -0.2) is 0 Å². The zero-order valence-corrected chi connectivity index (χ0v) is 17.9. The van der Waals surface area contributed by atoms with E-state index in [4.69, 9.17) is 9.47 Å². The molecule has 4 aliphatic carbocycles. The molecule has 2 N–H and O–H groups in total. The van der Waals surface area contributed by atoms with Crippen molar-refractivity contribution >= 4 is 23.8 Å². The van der Waals surface area contributed by atoms with Crippen LogP contribution >= 0.6 is 0 Å². The van der Waals surface area contributed by atoms with Crippen LogP contribution in [0.3, 0.4) is 0 Å². The zero-order chi connectivity index (χ0) is 21.6. The molecule has 4 aliphatic rings. The first-order valence-electron chi connectivity index (χ1n) is 11.2. The Morgan fingerprint density at radius 2 is 1.50 bits per heavy atom. The van der Waals surface area contributed by atoms with Crippen LogP contribution in [-0.4, -0.2) is 50.1 Å². The number of hydrogen-bond acceptors (Lipinski definition) is 6. The molecule has 4 bridgehead atoms. The largest absolute Gasteiger partial charge is 0.466 e. The number of amides is 2. The molecular formula is C22H34N2O6. The van der Waals surface area contributed by atoms with Crippen LogP contribution in [0.5, 0.6) is 0 Å². The summed E-state index contributed by atoms with van der Waals surface area (Å²) >= 11 is 0. The molecule has 8 heteroatoms. The van der Waals surface area contributed by atoms with Crippen LogP contribution in [-0.2, 0) is 28.7 Å². The van der Waals surface area contributed by atoms with Gasteiger partial charge in [0.05, 0.1) is 6.61 Å². The smallest absolute Gasteiger partial charge is 0.325 e. The summed E-state index contributed by atoms with van der Waals surface area (Å²) in [5.74, 6) is 0.877. The van der Waals surface area contributed by atoms with Gasteiger partial charge in [0.2, 0.25) is 5.91 Å². The second-order valence-electron chi connectivity index (χ2n) is 9.29. The van der Waals surface area contributed by atoms with Gasteiger partial charge >= 0.3 is 11.9 Å². The van der Waals surface area contributed by atoms with Crippen LogP contribution in [0.25, 0.3) is 0 Å². The van der Waals surface area contributed by atoms with E-state index >= 15 is 0 Å². The first-order valence-corrected chi connectivity index (χ1v) is 11.2. The lowest BCUT2D eigenvalue weighted by atomic mass is 9.49. The standard InChI is InChI=1S/C22H34N2O6/c1-2-29-20(27)4-3-5-23-19(26)14-30-21(28)13-24-18(25)12-22-9-15-6-16(10-22)8-17(7-15)11-22/h15-17H,2-14H2,1H3,(H,23,26)(H,24,25). The highest BCUT2D eigenvalue weighted by molar-refractivity contribution is 5.84. The molecule has 0 radical (unpaired) electrons. The van der Waals surface area contributed by atoms with Crippen molar-refractivity contribution in [3.8, 4) is 0 Å². The van der Waals surface area contributed by atoms with Crippen molar-refractivity contribution in [3.05, 3.63) is 0 Å². The van der Waals surface area contributed by atoms with E-state index in [1.54, 1.807) is 6.92 Å². The Balaban J connectivity index is 1.26. The molecule has 4 fully saturated rings. The van der Waals surface area contributed by atoms with E-state index in [1.807, 2.05) is 0 Å². The number of esters is 2. The number of carbonyl (C=O) groups is 4. The molecule has 0 aliphatic heterocycles. The molecule has 168 valence electrons. The highest BCUT2D eigenvalue weighted by Crippen LogP contribution is 2.61. The molecule has 0 unspecified atom stereocenters. The molecule has 0 aromatic carbocycles. The lowest BCUT2D eigenvalue weighted by Crippen LogP contribution is -2.48. The molecule has 0 saturated heterocycles. The lowest BCUT2D eigenvalue weighted by molar-refractivity contribution is -0.148. The Labute approximate surface area is 177 Å². The van der Waals surface area contributed by atoms with Gasteiger partial charge in [-0.15, -0.1) is 0 Å². The molecule has 4 rings (SSSR count). The monoisotopic (exact) mass is 422 g/mol. The minimum Gasteiger partial charge on any atom is -0.466 e. The average molecular weight is 423 g/mol. The van der Waals surface area contributed by atoms with Crippen LogP contribution in [0, 0.1) is 23.2 Å². The minimum atomic E-state index is -0.629. The zero-order valence-electron chi connectivity index (χ0n) is 17.9. The van der Waals surface area contributed by atoms with Crippen molar-refractivity contribution in [2.75, 3.05) is 26.3 Å². The van der Waals surface area contributed by atoms with Crippen molar-refractivity contribution in [3.63, 3.8) is 0 Å². The molecule has 0 atom stereocenters.